The SMILES string of the molecule is Br.CCCCCCCN1CCC(C(=O)CC)CC1.Oc1ccc2cc1-2. The number of hydrogen-bond donors (Lipinski definition) is 1. The Balaban J connectivity index is 0.000000321. The molecule has 2 aliphatic carbocycles. The molecule has 0 bridgehead atoms. The molecule has 0 spiro atoms. The summed E-state index contributed by atoms with van der Waals surface area (Å²) in [4.78, 5) is 14.1. The van der Waals surface area contributed by atoms with Crippen LogP contribution in [0.5, 0.6) is 5.75 Å². The number of likely N-dealkylation sites (tertiary alicyclic amines) is 1. The van der Waals surface area contributed by atoms with Crippen LogP contribution in [0.2, 0.25) is 0 Å². The van der Waals surface area contributed by atoms with E-state index >= 15 is 0 Å². The fourth-order valence-electron chi connectivity index (χ4n) is 3.44. The molecular formula is C21H34BrNO2. The van der Waals surface area contributed by atoms with Gasteiger partial charge in [-0.05, 0) is 56.6 Å². The molecule has 25 heavy (non-hydrogen) atoms. The summed E-state index contributed by atoms with van der Waals surface area (Å²) < 4.78 is 0. The molecular weight excluding hydrogens is 378 g/mol. The fraction of sp³-hybridized carbons (Fsp3) is 0.667. The van der Waals surface area contributed by atoms with Gasteiger partial charge in [0.25, 0.3) is 0 Å². The number of benzene rings is 1. The van der Waals surface area contributed by atoms with Crippen LogP contribution in [0.1, 0.15) is 65.2 Å². The van der Waals surface area contributed by atoms with Gasteiger partial charge in [-0.3, -0.25) is 4.79 Å². The van der Waals surface area contributed by atoms with Crippen LogP contribution in [-0.4, -0.2) is 35.4 Å². The standard InChI is InChI=1S/C15H29NO.C6H4O.BrH/c1-3-5-6-7-8-11-16-12-9-14(10-13-16)15(17)4-2;7-6-2-1-4-3-5(4)6;/h14H,3-13H2,1-2H3;1-3,7H;1H. The molecule has 0 aromatic heterocycles. The van der Waals surface area contributed by atoms with E-state index in [1.807, 2.05) is 19.1 Å². The average Bonchev–Trinajstić information content (AvgIpc) is 3.32. The van der Waals surface area contributed by atoms with Gasteiger partial charge in [0.15, 0.2) is 0 Å². The predicted octanol–water partition coefficient (Wildman–Crippen LogP) is 5.60. The van der Waals surface area contributed by atoms with Gasteiger partial charge in [0.1, 0.15) is 11.5 Å². The number of piperidine rings is 1. The second-order valence-electron chi connectivity index (χ2n) is 7.08. The first-order valence-electron chi connectivity index (χ1n) is 9.74. The Morgan fingerprint density at radius 1 is 1.12 bits per heavy atom. The second kappa shape index (κ2) is 11.7. The molecule has 0 atom stereocenters. The Morgan fingerprint density at radius 2 is 1.80 bits per heavy atom. The number of ketones is 1. The molecule has 4 heteroatoms. The van der Waals surface area contributed by atoms with Crippen molar-refractivity contribution in [2.24, 2.45) is 5.92 Å². The number of Topliss-reactive ketones (excluding diaryl/α,β-unsaturated/α-hetero) is 1. The largest absolute Gasteiger partial charge is 0.507 e. The quantitative estimate of drug-likeness (QED) is 0.574. The smallest absolute Gasteiger partial charge is 0.135 e. The van der Waals surface area contributed by atoms with Gasteiger partial charge in [0.2, 0.25) is 0 Å². The second-order valence-corrected chi connectivity index (χ2v) is 7.08. The van der Waals surface area contributed by atoms with Crippen LogP contribution < -0.4 is 0 Å². The van der Waals surface area contributed by atoms with Gasteiger partial charge in [-0.25, -0.2) is 0 Å². The van der Waals surface area contributed by atoms with Crippen molar-refractivity contribution in [2.75, 3.05) is 19.6 Å². The lowest BCUT2D eigenvalue weighted by Gasteiger charge is -2.31. The number of aromatic hydroxyl groups is 1. The number of nitrogens with zero attached hydrogens (tertiary/aromatic N) is 1. The molecule has 1 saturated heterocycles. The molecule has 3 aliphatic rings. The predicted molar refractivity (Wildman–Crippen MR) is 111 cm³/mol. The lowest BCUT2D eigenvalue weighted by Crippen LogP contribution is -2.36. The van der Waals surface area contributed by atoms with Gasteiger partial charge >= 0.3 is 0 Å². The summed E-state index contributed by atoms with van der Waals surface area (Å²) in [6.45, 7) is 7.78. The highest BCUT2D eigenvalue weighted by molar-refractivity contribution is 8.93. The van der Waals surface area contributed by atoms with Gasteiger partial charge in [-0.1, -0.05) is 45.6 Å². The summed E-state index contributed by atoms with van der Waals surface area (Å²) in [7, 11) is 0. The van der Waals surface area contributed by atoms with Crippen LogP contribution in [-0.2, 0) is 4.79 Å². The maximum atomic E-state index is 11.6. The number of phenolic OH excluding ortho intramolecular Hbond substituents is 1. The Labute approximate surface area is 163 Å². The average molecular weight is 412 g/mol. The Kier molecular flexibility index (Phi) is 10.4. The van der Waals surface area contributed by atoms with Crippen molar-refractivity contribution in [3.05, 3.63) is 18.2 Å². The zero-order valence-electron chi connectivity index (χ0n) is 15.8. The van der Waals surface area contributed by atoms with Gasteiger partial charge < -0.3 is 10.0 Å². The molecule has 0 aromatic rings. The monoisotopic (exact) mass is 411 g/mol. The molecule has 1 heterocycles. The molecule has 3 nitrogen and oxygen atoms in total. The van der Waals surface area contributed by atoms with Crippen LogP contribution in [0.25, 0.3) is 11.1 Å². The number of fused-ring (bicyclic) bond motifs is 1. The summed E-state index contributed by atoms with van der Waals surface area (Å²) in [5.41, 5.74) is 2.22. The fourth-order valence-corrected chi connectivity index (χ4v) is 3.44. The third kappa shape index (κ3) is 7.49. The highest BCUT2D eigenvalue weighted by atomic mass is 79.9. The Morgan fingerprint density at radius 3 is 2.24 bits per heavy atom. The number of phenols is 1. The van der Waals surface area contributed by atoms with Gasteiger partial charge in [0, 0.05) is 17.9 Å². The normalized spacial score (nSPS) is 15.8. The first kappa shape index (κ1) is 22.2. The van der Waals surface area contributed by atoms with Gasteiger partial charge in [-0.15, -0.1) is 17.0 Å². The number of carbonyl (C=O) groups excluding carboxylic acids is 1. The molecule has 3 rings (SSSR count). The molecule has 1 fully saturated rings. The zero-order chi connectivity index (χ0) is 17.4. The van der Waals surface area contributed by atoms with Crippen molar-refractivity contribution < 1.29 is 9.90 Å². The van der Waals surface area contributed by atoms with Gasteiger partial charge in [0.05, 0.1) is 0 Å². The van der Waals surface area contributed by atoms with Crippen molar-refractivity contribution >= 4 is 22.8 Å². The van der Waals surface area contributed by atoms with E-state index < -0.39 is 0 Å². The topological polar surface area (TPSA) is 40.5 Å². The Hall–Kier alpha value is -0.870. The van der Waals surface area contributed by atoms with E-state index in [0.717, 1.165) is 37.9 Å². The van der Waals surface area contributed by atoms with Crippen molar-refractivity contribution in [2.45, 2.75) is 65.2 Å². The molecule has 0 amide bonds. The summed E-state index contributed by atoms with van der Waals surface area (Å²) in [6, 6.07) is 5.57. The first-order valence-corrected chi connectivity index (χ1v) is 9.74. The van der Waals surface area contributed by atoms with E-state index in [4.69, 9.17) is 5.11 Å². The highest BCUT2D eigenvalue weighted by Gasteiger charge is 2.23. The minimum atomic E-state index is 0. The lowest BCUT2D eigenvalue weighted by atomic mass is 9.91. The molecule has 0 unspecified atom stereocenters. The number of carbonyl (C=O) groups is 1. The number of rotatable bonds is 8. The van der Waals surface area contributed by atoms with E-state index in [2.05, 4.69) is 11.8 Å². The number of halogens is 1. The van der Waals surface area contributed by atoms with Crippen LogP contribution in [0.15, 0.2) is 18.2 Å². The van der Waals surface area contributed by atoms with Crippen LogP contribution in [0, 0.1) is 5.92 Å². The van der Waals surface area contributed by atoms with E-state index in [-0.39, 0.29) is 17.0 Å². The summed E-state index contributed by atoms with van der Waals surface area (Å²) in [5.74, 6) is 1.28. The third-order valence-electron chi connectivity index (χ3n) is 5.19. The minimum absolute atomic E-state index is 0. The zero-order valence-corrected chi connectivity index (χ0v) is 17.5. The maximum Gasteiger partial charge on any atom is 0.135 e. The van der Waals surface area contributed by atoms with Crippen molar-refractivity contribution in [1.29, 1.82) is 0 Å². The summed E-state index contributed by atoms with van der Waals surface area (Å²) in [6.07, 6.45) is 9.73. The van der Waals surface area contributed by atoms with Crippen molar-refractivity contribution in [3.8, 4) is 16.9 Å². The lowest BCUT2D eigenvalue weighted by molar-refractivity contribution is -0.123. The van der Waals surface area contributed by atoms with Crippen LogP contribution in [0.3, 0.4) is 0 Å². The highest BCUT2D eigenvalue weighted by Crippen LogP contribution is 2.42. The van der Waals surface area contributed by atoms with Gasteiger partial charge in [-0.2, -0.15) is 0 Å². The minimum Gasteiger partial charge on any atom is -0.507 e. The molecule has 142 valence electrons. The molecule has 0 saturated carbocycles. The van der Waals surface area contributed by atoms with E-state index in [9.17, 15) is 4.79 Å². The molecule has 1 aliphatic heterocycles. The van der Waals surface area contributed by atoms with E-state index in [0.29, 0.717) is 17.5 Å². The molecule has 0 radical (unpaired) electrons. The molecule has 1 N–H and O–H groups in total. The Bertz CT molecular complexity index is 525. The summed E-state index contributed by atoms with van der Waals surface area (Å²) >= 11 is 0. The van der Waals surface area contributed by atoms with Crippen molar-refractivity contribution in [3.63, 3.8) is 0 Å². The van der Waals surface area contributed by atoms with Crippen LogP contribution in [0.4, 0.5) is 0 Å². The number of hydrogen-bond acceptors (Lipinski definition) is 3. The third-order valence-corrected chi connectivity index (χ3v) is 5.19. The van der Waals surface area contributed by atoms with Crippen molar-refractivity contribution in [1.82, 2.24) is 4.90 Å². The van der Waals surface area contributed by atoms with E-state index in [1.54, 1.807) is 6.07 Å². The van der Waals surface area contributed by atoms with Crippen LogP contribution >= 0.6 is 17.0 Å². The summed E-state index contributed by atoms with van der Waals surface area (Å²) in [5, 5.41) is 8.78. The maximum absolute atomic E-state index is 11.6. The molecule has 0 aromatic carbocycles. The first-order chi connectivity index (χ1) is 11.7. The number of unbranched alkanes of at least 4 members (excludes halogenated alkanes) is 4. The van der Waals surface area contributed by atoms with E-state index in [1.165, 1.54) is 44.2 Å².